The van der Waals surface area contributed by atoms with Crippen LogP contribution in [0.1, 0.15) is 16.7 Å². The second kappa shape index (κ2) is 5.19. The molecule has 0 bridgehead atoms. The summed E-state index contributed by atoms with van der Waals surface area (Å²) >= 11 is 6.06. The van der Waals surface area contributed by atoms with E-state index in [2.05, 4.69) is 0 Å². The van der Waals surface area contributed by atoms with Gasteiger partial charge in [0.05, 0.1) is 4.92 Å². The van der Waals surface area contributed by atoms with Crippen LogP contribution in [0.5, 0.6) is 0 Å². The Labute approximate surface area is 110 Å². The fourth-order valence-corrected chi connectivity index (χ4v) is 1.92. The van der Waals surface area contributed by atoms with Crippen LogP contribution in [0.15, 0.2) is 42.5 Å². The molecule has 0 aliphatic heterocycles. The van der Waals surface area contributed by atoms with Gasteiger partial charge in [-0.3, -0.25) is 10.1 Å². The summed E-state index contributed by atoms with van der Waals surface area (Å²) in [5.41, 5.74) is 3.11. The number of hydrogen-bond donors (Lipinski definition) is 0. The molecule has 0 radical (unpaired) electrons. The molecule has 18 heavy (non-hydrogen) atoms. The molecular formula is C14H12ClNO2. The number of benzene rings is 2. The number of aryl methyl sites for hydroxylation is 1. The van der Waals surface area contributed by atoms with Gasteiger partial charge in [-0.2, -0.15) is 0 Å². The first-order valence-corrected chi connectivity index (χ1v) is 5.92. The van der Waals surface area contributed by atoms with Crippen molar-refractivity contribution in [1.29, 1.82) is 0 Å². The van der Waals surface area contributed by atoms with E-state index in [1.807, 2.05) is 31.2 Å². The van der Waals surface area contributed by atoms with E-state index < -0.39 is 4.92 Å². The number of nitrogens with zero attached hydrogens (tertiary/aromatic N) is 1. The zero-order valence-corrected chi connectivity index (χ0v) is 10.6. The van der Waals surface area contributed by atoms with Gasteiger partial charge in [0.1, 0.15) is 0 Å². The van der Waals surface area contributed by atoms with Gasteiger partial charge in [-0.1, -0.05) is 41.4 Å². The Hall–Kier alpha value is -1.87. The van der Waals surface area contributed by atoms with Gasteiger partial charge in [0.15, 0.2) is 0 Å². The van der Waals surface area contributed by atoms with Crippen LogP contribution in [-0.4, -0.2) is 4.92 Å². The van der Waals surface area contributed by atoms with Crippen molar-refractivity contribution in [2.24, 2.45) is 0 Å². The monoisotopic (exact) mass is 261 g/mol. The molecule has 0 atom stereocenters. The molecule has 0 aliphatic rings. The van der Waals surface area contributed by atoms with Gasteiger partial charge in [-0.15, -0.1) is 0 Å². The molecule has 2 rings (SSSR count). The van der Waals surface area contributed by atoms with E-state index in [0.717, 1.165) is 11.1 Å². The second-order valence-corrected chi connectivity index (χ2v) is 4.60. The van der Waals surface area contributed by atoms with Crippen LogP contribution in [0.3, 0.4) is 0 Å². The van der Waals surface area contributed by atoms with Crippen LogP contribution < -0.4 is 0 Å². The van der Waals surface area contributed by atoms with Gasteiger partial charge < -0.3 is 0 Å². The standard InChI is InChI=1S/C14H12ClNO2/c1-10-2-4-11(5-3-10)8-12-9-13(16(17)18)6-7-14(12)15/h2-7,9H,8H2,1H3. The number of halogens is 1. The van der Waals surface area contributed by atoms with E-state index >= 15 is 0 Å². The minimum absolute atomic E-state index is 0.0708. The average Bonchev–Trinajstić information content (AvgIpc) is 2.34. The van der Waals surface area contributed by atoms with Gasteiger partial charge in [-0.05, 0) is 30.5 Å². The van der Waals surface area contributed by atoms with Crippen molar-refractivity contribution >= 4 is 17.3 Å². The fourth-order valence-electron chi connectivity index (χ4n) is 1.74. The molecule has 0 saturated carbocycles. The third-order valence-electron chi connectivity index (χ3n) is 2.76. The van der Waals surface area contributed by atoms with Gasteiger partial charge >= 0.3 is 0 Å². The Kier molecular flexibility index (Phi) is 3.63. The molecule has 0 spiro atoms. The summed E-state index contributed by atoms with van der Waals surface area (Å²) in [7, 11) is 0. The number of nitro groups is 1. The maximum absolute atomic E-state index is 10.7. The summed E-state index contributed by atoms with van der Waals surface area (Å²) in [4.78, 5) is 10.3. The molecule has 2 aromatic carbocycles. The Balaban J connectivity index is 2.30. The van der Waals surface area contributed by atoms with Crippen molar-refractivity contribution in [3.8, 4) is 0 Å². The largest absolute Gasteiger partial charge is 0.269 e. The number of hydrogen-bond acceptors (Lipinski definition) is 2. The molecule has 0 heterocycles. The van der Waals surface area contributed by atoms with Crippen molar-refractivity contribution in [3.05, 3.63) is 74.3 Å². The smallest absolute Gasteiger partial charge is 0.258 e. The summed E-state index contributed by atoms with van der Waals surface area (Å²) in [6.07, 6.45) is 0.598. The molecule has 3 nitrogen and oxygen atoms in total. The van der Waals surface area contributed by atoms with Crippen molar-refractivity contribution in [1.82, 2.24) is 0 Å². The summed E-state index contributed by atoms with van der Waals surface area (Å²) in [6, 6.07) is 12.6. The minimum atomic E-state index is -0.408. The minimum Gasteiger partial charge on any atom is -0.258 e. The molecule has 0 unspecified atom stereocenters. The lowest BCUT2D eigenvalue weighted by molar-refractivity contribution is -0.384. The maximum atomic E-state index is 10.7. The second-order valence-electron chi connectivity index (χ2n) is 4.20. The third kappa shape index (κ3) is 2.87. The number of non-ortho nitro benzene ring substituents is 1. The van der Waals surface area contributed by atoms with Crippen LogP contribution >= 0.6 is 11.6 Å². The molecule has 0 amide bonds. The zero-order valence-electron chi connectivity index (χ0n) is 9.89. The van der Waals surface area contributed by atoms with E-state index in [-0.39, 0.29) is 5.69 Å². The first-order chi connectivity index (χ1) is 8.56. The SMILES string of the molecule is Cc1ccc(Cc2cc([N+](=O)[O-])ccc2Cl)cc1. The Morgan fingerprint density at radius 2 is 1.83 bits per heavy atom. The maximum Gasteiger partial charge on any atom is 0.269 e. The van der Waals surface area contributed by atoms with Crippen LogP contribution in [0.4, 0.5) is 5.69 Å². The van der Waals surface area contributed by atoms with E-state index in [1.54, 1.807) is 6.07 Å². The Bertz CT molecular complexity index is 579. The van der Waals surface area contributed by atoms with Crippen LogP contribution in [0, 0.1) is 17.0 Å². The highest BCUT2D eigenvalue weighted by molar-refractivity contribution is 6.31. The predicted molar refractivity (Wildman–Crippen MR) is 72.1 cm³/mol. The van der Waals surface area contributed by atoms with Gasteiger partial charge in [0.25, 0.3) is 5.69 Å². The predicted octanol–water partition coefficient (Wildman–Crippen LogP) is 4.15. The van der Waals surface area contributed by atoms with Crippen molar-refractivity contribution < 1.29 is 4.92 Å². The Morgan fingerprint density at radius 1 is 1.17 bits per heavy atom. The van der Waals surface area contributed by atoms with Crippen LogP contribution in [0.25, 0.3) is 0 Å². The van der Waals surface area contributed by atoms with E-state index in [0.29, 0.717) is 11.4 Å². The van der Waals surface area contributed by atoms with E-state index in [9.17, 15) is 10.1 Å². The van der Waals surface area contributed by atoms with Gasteiger partial charge in [0.2, 0.25) is 0 Å². The third-order valence-corrected chi connectivity index (χ3v) is 3.12. The number of nitro benzene ring substituents is 1. The fraction of sp³-hybridized carbons (Fsp3) is 0.143. The molecular weight excluding hydrogens is 250 g/mol. The highest BCUT2D eigenvalue weighted by Gasteiger charge is 2.10. The summed E-state index contributed by atoms with van der Waals surface area (Å²) in [5.74, 6) is 0. The van der Waals surface area contributed by atoms with Crippen LogP contribution in [0.2, 0.25) is 5.02 Å². The summed E-state index contributed by atoms with van der Waals surface area (Å²) in [5, 5.41) is 11.3. The van der Waals surface area contributed by atoms with E-state index in [1.165, 1.54) is 17.7 Å². The van der Waals surface area contributed by atoms with Crippen molar-refractivity contribution in [3.63, 3.8) is 0 Å². The molecule has 0 fully saturated rings. The van der Waals surface area contributed by atoms with Gasteiger partial charge in [0, 0.05) is 17.2 Å². The lowest BCUT2D eigenvalue weighted by Gasteiger charge is -2.05. The quantitative estimate of drug-likeness (QED) is 0.615. The highest BCUT2D eigenvalue weighted by atomic mass is 35.5. The Morgan fingerprint density at radius 3 is 2.44 bits per heavy atom. The molecule has 2 aromatic rings. The van der Waals surface area contributed by atoms with Crippen LogP contribution in [-0.2, 0) is 6.42 Å². The highest BCUT2D eigenvalue weighted by Crippen LogP contribution is 2.24. The lowest BCUT2D eigenvalue weighted by Crippen LogP contribution is -1.93. The molecule has 0 aromatic heterocycles. The van der Waals surface area contributed by atoms with Crippen molar-refractivity contribution in [2.75, 3.05) is 0 Å². The molecule has 0 N–H and O–H groups in total. The topological polar surface area (TPSA) is 43.1 Å². The zero-order chi connectivity index (χ0) is 13.1. The number of rotatable bonds is 3. The van der Waals surface area contributed by atoms with Gasteiger partial charge in [-0.25, -0.2) is 0 Å². The molecule has 0 aliphatic carbocycles. The molecule has 4 heteroatoms. The first-order valence-electron chi connectivity index (χ1n) is 5.54. The first kappa shape index (κ1) is 12.6. The molecule has 92 valence electrons. The summed E-state index contributed by atoms with van der Waals surface area (Å²) < 4.78 is 0. The summed E-state index contributed by atoms with van der Waals surface area (Å²) in [6.45, 7) is 2.02. The average molecular weight is 262 g/mol. The van der Waals surface area contributed by atoms with E-state index in [4.69, 9.17) is 11.6 Å². The van der Waals surface area contributed by atoms with Crippen molar-refractivity contribution in [2.45, 2.75) is 13.3 Å². The molecule has 0 saturated heterocycles. The lowest BCUT2D eigenvalue weighted by atomic mass is 10.0. The normalized spacial score (nSPS) is 10.3.